The summed E-state index contributed by atoms with van der Waals surface area (Å²) in [4.78, 5) is 10.1. The molecule has 0 bridgehead atoms. The Labute approximate surface area is 65.5 Å². The quantitative estimate of drug-likeness (QED) is 0.584. The lowest BCUT2D eigenvalue weighted by atomic mass is 10.1. The molecule has 0 aliphatic rings. The molecule has 0 spiro atoms. The minimum Gasteiger partial charge on any atom is -0.300 e. The zero-order valence-electron chi connectivity index (χ0n) is 7.30. The van der Waals surface area contributed by atoms with Gasteiger partial charge < -0.3 is 0 Å². The van der Waals surface area contributed by atoms with Crippen LogP contribution in [0.15, 0.2) is 0 Å². The van der Waals surface area contributed by atoms with Crippen molar-refractivity contribution < 1.29 is 9.00 Å². The maximum absolute atomic E-state index is 10.1. The van der Waals surface area contributed by atoms with E-state index in [9.17, 15) is 9.00 Å². The van der Waals surface area contributed by atoms with Crippen molar-refractivity contribution in [2.45, 2.75) is 20.8 Å². The second-order valence-electron chi connectivity index (χ2n) is 2.51. The Morgan fingerprint density at radius 3 is 1.40 bits per heavy atom. The molecule has 62 valence electrons. The van der Waals surface area contributed by atoms with Crippen LogP contribution in [0.5, 0.6) is 0 Å². The fourth-order valence-corrected chi connectivity index (χ4v) is 0. The van der Waals surface area contributed by atoms with Crippen molar-refractivity contribution in [3.05, 3.63) is 0 Å². The normalized spacial score (nSPS) is 9.10. The van der Waals surface area contributed by atoms with Gasteiger partial charge in [-0.15, -0.1) is 0 Å². The highest BCUT2D eigenvalue weighted by molar-refractivity contribution is 7.83. The molecule has 0 saturated carbocycles. The zero-order valence-corrected chi connectivity index (χ0v) is 8.12. The van der Waals surface area contributed by atoms with Gasteiger partial charge in [0.25, 0.3) is 0 Å². The van der Waals surface area contributed by atoms with Crippen LogP contribution in [0, 0.1) is 5.92 Å². The number of Topliss-reactive ketones (excluding diaryl/α,β-unsaturated/α-hetero) is 1. The Balaban J connectivity index is 0. The van der Waals surface area contributed by atoms with Crippen LogP contribution in [-0.2, 0) is 15.6 Å². The molecule has 3 heteroatoms. The van der Waals surface area contributed by atoms with Crippen molar-refractivity contribution in [3.8, 4) is 0 Å². The van der Waals surface area contributed by atoms with Crippen LogP contribution in [0.3, 0.4) is 0 Å². The molecule has 0 aromatic carbocycles. The standard InChI is InChI=1S/C5H10O.C2H6OS/c1-4(2)5(3)6;1-4(2)3/h4H,1-3H3;1-2H3. The number of rotatable bonds is 1. The van der Waals surface area contributed by atoms with E-state index in [4.69, 9.17) is 0 Å². The Morgan fingerprint density at radius 2 is 1.40 bits per heavy atom. The van der Waals surface area contributed by atoms with Crippen molar-refractivity contribution in [2.24, 2.45) is 5.92 Å². The Bertz CT molecular complexity index is 115. The van der Waals surface area contributed by atoms with Gasteiger partial charge in [0.1, 0.15) is 5.78 Å². The van der Waals surface area contributed by atoms with Crippen LogP contribution >= 0.6 is 0 Å². The molecule has 0 unspecified atom stereocenters. The average Bonchev–Trinajstić information content (AvgIpc) is 1.63. The first-order valence-corrected chi connectivity index (χ1v) is 5.10. The second-order valence-corrected chi connectivity index (χ2v) is 3.99. The summed E-state index contributed by atoms with van der Waals surface area (Å²) in [6.07, 6.45) is 3.28. The molecule has 10 heavy (non-hydrogen) atoms. The van der Waals surface area contributed by atoms with Gasteiger partial charge in [0, 0.05) is 29.2 Å². The van der Waals surface area contributed by atoms with Gasteiger partial charge in [-0.05, 0) is 6.92 Å². The van der Waals surface area contributed by atoms with E-state index in [0.29, 0.717) is 0 Å². The van der Waals surface area contributed by atoms with Gasteiger partial charge in [-0.2, -0.15) is 0 Å². The molecule has 0 aliphatic carbocycles. The third-order valence-electron chi connectivity index (χ3n) is 0.813. The molecule has 0 aromatic rings. The van der Waals surface area contributed by atoms with Gasteiger partial charge in [0.05, 0.1) is 0 Å². The van der Waals surface area contributed by atoms with Crippen LogP contribution in [0.1, 0.15) is 20.8 Å². The van der Waals surface area contributed by atoms with E-state index >= 15 is 0 Å². The molecule has 0 fully saturated rings. The van der Waals surface area contributed by atoms with E-state index < -0.39 is 10.8 Å². The molecular formula is C7H16O2S. The molecule has 0 radical (unpaired) electrons. The van der Waals surface area contributed by atoms with Gasteiger partial charge in [0.15, 0.2) is 0 Å². The first-order chi connectivity index (χ1) is 4.37. The summed E-state index contributed by atoms with van der Waals surface area (Å²) in [7, 11) is -0.611. The van der Waals surface area contributed by atoms with E-state index in [1.807, 2.05) is 13.8 Å². The summed E-state index contributed by atoms with van der Waals surface area (Å²) in [5.74, 6) is 0.472. The lowest BCUT2D eigenvalue weighted by molar-refractivity contribution is -0.119. The average molecular weight is 164 g/mol. The lowest BCUT2D eigenvalue weighted by Gasteiger charge is -1.90. The van der Waals surface area contributed by atoms with E-state index in [0.717, 1.165) is 0 Å². The summed E-state index contributed by atoms with van der Waals surface area (Å²) in [6.45, 7) is 5.38. The maximum Gasteiger partial charge on any atom is 0.132 e. The minimum atomic E-state index is -0.611. The van der Waals surface area contributed by atoms with Crippen molar-refractivity contribution in [1.29, 1.82) is 0 Å². The minimum absolute atomic E-state index is 0.213. The number of carbonyl (C=O) groups is 1. The number of ketones is 1. The largest absolute Gasteiger partial charge is 0.300 e. The predicted molar refractivity (Wildman–Crippen MR) is 45.5 cm³/mol. The van der Waals surface area contributed by atoms with Crippen LogP contribution in [-0.4, -0.2) is 22.5 Å². The van der Waals surface area contributed by atoms with Crippen molar-refractivity contribution >= 4 is 16.6 Å². The topological polar surface area (TPSA) is 34.1 Å². The Hall–Kier alpha value is -0.180. The zero-order chi connectivity index (χ0) is 8.73. The first kappa shape index (κ1) is 12.5. The smallest absolute Gasteiger partial charge is 0.132 e. The third-order valence-corrected chi connectivity index (χ3v) is 0.813. The van der Waals surface area contributed by atoms with Gasteiger partial charge in [-0.3, -0.25) is 9.00 Å². The summed E-state index contributed by atoms with van der Waals surface area (Å²) < 4.78 is 9.56. The number of hydrogen-bond acceptors (Lipinski definition) is 2. The maximum atomic E-state index is 10.1. The molecule has 0 rings (SSSR count). The number of carbonyl (C=O) groups excluding carboxylic acids is 1. The van der Waals surface area contributed by atoms with Crippen LogP contribution in [0.2, 0.25) is 0 Å². The van der Waals surface area contributed by atoms with Crippen molar-refractivity contribution in [2.75, 3.05) is 12.5 Å². The molecule has 0 aliphatic heterocycles. The van der Waals surface area contributed by atoms with E-state index in [1.54, 1.807) is 19.4 Å². The van der Waals surface area contributed by atoms with Crippen LogP contribution in [0.25, 0.3) is 0 Å². The summed E-state index contributed by atoms with van der Waals surface area (Å²) >= 11 is 0. The molecule has 0 amide bonds. The summed E-state index contributed by atoms with van der Waals surface area (Å²) in [5.41, 5.74) is 0. The third kappa shape index (κ3) is 24.9. The fourth-order valence-electron chi connectivity index (χ4n) is 0. The summed E-state index contributed by atoms with van der Waals surface area (Å²) in [5, 5.41) is 0. The monoisotopic (exact) mass is 164 g/mol. The van der Waals surface area contributed by atoms with E-state index in [1.165, 1.54) is 0 Å². The molecule has 0 aromatic heterocycles. The van der Waals surface area contributed by atoms with Gasteiger partial charge in [-0.1, -0.05) is 13.8 Å². The molecular weight excluding hydrogens is 148 g/mol. The lowest BCUT2D eigenvalue weighted by Crippen LogP contribution is -1.98. The van der Waals surface area contributed by atoms with Gasteiger partial charge in [-0.25, -0.2) is 0 Å². The van der Waals surface area contributed by atoms with E-state index in [2.05, 4.69) is 0 Å². The highest BCUT2D eigenvalue weighted by Crippen LogP contribution is 1.89. The molecule has 0 N–H and O–H groups in total. The Morgan fingerprint density at radius 1 is 1.30 bits per heavy atom. The van der Waals surface area contributed by atoms with Crippen molar-refractivity contribution in [1.82, 2.24) is 0 Å². The highest BCUT2D eigenvalue weighted by Gasteiger charge is 1.95. The van der Waals surface area contributed by atoms with Crippen LogP contribution < -0.4 is 0 Å². The molecule has 0 heterocycles. The fraction of sp³-hybridized carbons (Fsp3) is 0.857. The van der Waals surface area contributed by atoms with Gasteiger partial charge >= 0.3 is 0 Å². The molecule has 2 nitrogen and oxygen atoms in total. The predicted octanol–water partition coefficient (Wildman–Crippen LogP) is 1.23. The van der Waals surface area contributed by atoms with Crippen molar-refractivity contribution in [3.63, 3.8) is 0 Å². The van der Waals surface area contributed by atoms with Crippen LogP contribution in [0.4, 0.5) is 0 Å². The second kappa shape index (κ2) is 6.93. The number of hydrogen-bond donors (Lipinski definition) is 0. The molecule has 0 atom stereocenters. The molecule has 0 saturated heterocycles. The Kier molecular flexibility index (Phi) is 8.66. The summed E-state index contributed by atoms with van der Waals surface area (Å²) in [6, 6.07) is 0. The van der Waals surface area contributed by atoms with Gasteiger partial charge in [0.2, 0.25) is 0 Å². The van der Waals surface area contributed by atoms with E-state index in [-0.39, 0.29) is 11.7 Å². The first-order valence-electron chi connectivity index (χ1n) is 3.13. The highest BCUT2D eigenvalue weighted by atomic mass is 32.2. The SMILES string of the molecule is CC(=O)C(C)C.CS(C)=O.